The lowest BCUT2D eigenvalue weighted by Gasteiger charge is -2.13. The van der Waals surface area contributed by atoms with Crippen LogP contribution in [0.2, 0.25) is 0 Å². The summed E-state index contributed by atoms with van der Waals surface area (Å²) in [6, 6.07) is 10.5. The first-order valence-electron chi connectivity index (χ1n) is 8.01. The van der Waals surface area contributed by atoms with Crippen LogP contribution in [0.5, 0.6) is 5.75 Å². The predicted molar refractivity (Wildman–Crippen MR) is 88.9 cm³/mol. The summed E-state index contributed by atoms with van der Waals surface area (Å²) in [6.07, 6.45) is 8.68. The Kier molecular flexibility index (Phi) is 5.03. The van der Waals surface area contributed by atoms with Crippen LogP contribution in [0.4, 0.5) is 0 Å². The zero-order valence-electron chi connectivity index (χ0n) is 13.0. The van der Waals surface area contributed by atoms with Gasteiger partial charge in [-0.05, 0) is 62.1 Å². The van der Waals surface area contributed by atoms with Gasteiger partial charge in [0, 0.05) is 25.5 Å². The minimum atomic E-state index is -3.48. The van der Waals surface area contributed by atoms with Crippen molar-refractivity contribution >= 4 is 10.0 Å². The number of aromatic nitrogens is 1. The molecular weight excluding hydrogens is 312 g/mol. The molecule has 1 aromatic carbocycles. The van der Waals surface area contributed by atoms with E-state index in [1.165, 1.54) is 12.8 Å². The number of nitrogens with zero attached hydrogens (tertiary/aromatic N) is 1. The van der Waals surface area contributed by atoms with Gasteiger partial charge in [0.05, 0.1) is 11.0 Å². The third kappa shape index (κ3) is 4.36. The van der Waals surface area contributed by atoms with Gasteiger partial charge in [-0.25, -0.2) is 13.1 Å². The largest absolute Gasteiger partial charge is 0.490 e. The summed E-state index contributed by atoms with van der Waals surface area (Å²) in [5.41, 5.74) is 0. The van der Waals surface area contributed by atoms with Crippen molar-refractivity contribution in [2.24, 2.45) is 0 Å². The van der Waals surface area contributed by atoms with Gasteiger partial charge in [-0.3, -0.25) is 0 Å². The molecule has 23 heavy (non-hydrogen) atoms. The molecule has 1 saturated carbocycles. The number of nitrogens with one attached hydrogen (secondary N) is 1. The quantitative estimate of drug-likeness (QED) is 0.847. The van der Waals surface area contributed by atoms with Crippen molar-refractivity contribution in [3.63, 3.8) is 0 Å². The lowest BCUT2D eigenvalue weighted by atomic mass is 10.3. The molecule has 3 rings (SSSR count). The van der Waals surface area contributed by atoms with Crippen LogP contribution in [0.15, 0.2) is 53.7 Å². The average molecular weight is 334 g/mol. The maximum absolute atomic E-state index is 12.3. The highest BCUT2D eigenvalue weighted by Crippen LogP contribution is 2.24. The third-order valence-corrected chi connectivity index (χ3v) is 5.54. The van der Waals surface area contributed by atoms with Crippen molar-refractivity contribution in [3.05, 3.63) is 48.8 Å². The van der Waals surface area contributed by atoms with Gasteiger partial charge in [-0.15, -0.1) is 0 Å². The lowest BCUT2D eigenvalue weighted by molar-refractivity contribution is 0.210. The molecule has 124 valence electrons. The number of hydrogen-bond donors (Lipinski definition) is 1. The summed E-state index contributed by atoms with van der Waals surface area (Å²) >= 11 is 0. The van der Waals surface area contributed by atoms with Crippen LogP contribution in [0, 0.1) is 0 Å². The highest BCUT2D eigenvalue weighted by Gasteiger charge is 2.17. The van der Waals surface area contributed by atoms with Crippen LogP contribution in [0.3, 0.4) is 0 Å². The smallest absolute Gasteiger partial charge is 0.240 e. The maximum Gasteiger partial charge on any atom is 0.240 e. The van der Waals surface area contributed by atoms with E-state index in [0.29, 0.717) is 13.1 Å². The Morgan fingerprint density at radius 3 is 2.39 bits per heavy atom. The second kappa shape index (κ2) is 7.19. The van der Waals surface area contributed by atoms with Gasteiger partial charge in [-0.1, -0.05) is 0 Å². The Labute approximate surface area is 137 Å². The fourth-order valence-corrected chi connectivity index (χ4v) is 3.83. The van der Waals surface area contributed by atoms with Gasteiger partial charge in [0.15, 0.2) is 0 Å². The van der Waals surface area contributed by atoms with Crippen LogP contribution < -0.4 is 9.46 Å². The fourth-order valence-electron chi connectivity index (χ4n) is 2.81. The first-order valence-corrected chi connectivity index (χ1v) is 9.49. The van der Waals surface area contributed by atoms with Crippen molar-refractivity contribution in [3.8, 4) is 5.75 Å². The number of ether oxygens (including phenoxy) is 1. The van der Waals surface area contributed by atoms with Gasteiger partial charge < -0.3 is 9.30 Å². The Bertz CT molecular complexity index is 703. The van der Waals surface area contributed by atoms with Gasteiger partial charge in [0.1, 0.15) is 5.75 Å². The Morgan fingerprint density at radius 1 is 1.09 bits per heavy atom. The first kappa shape index (κ1) is 16.1. The SMILES string of the molecule is O=S(=O)(NCCn1cccc1)c1ccc(OC2CCCC2)cc1. The number of rotatable bonds is 7. The van der Waals surface area contributed by atoms with E-state index in [2.05, 4.69) is 4.72 Å². The number of sulfonamides is 1. The monoisotopic (exact) mass is 334 g/mol. The molecule has 0 amide bonds. The Morgan fingerprint density at radius 2 is 1.74 bits per heavy atom. The van der Waals surface area contributed by atoms with Crippen molar-refractivity contribution in [1.82, 2.24) is 9.29 Å². The summed E-state index contributed by atoms with van der Waals surface area (Å²) in [4.78, 5) is 0.267. The minimum absolute atomic E-state index is 0.267. The zero-order valence-corrected chi connectivity index (χ0v) is 13.8. The van der Waals surface area contributed by atoms with Crippen molar-refractivity contribution in [2.75, 3.05) is 6.54 Å². The molecule has 0 atom stereocenters. The molecule has 5 nitrogen and oxygen atoms in total. The van der Waals surface area contributed by atoms with E-state index >= 15 is 0 Å². The predicted octanol–water partition coefficient (Wildman–Crippen LogP) is 2.79. The van der Waals surface area contributed by atoms with Crippen molar-refractivity contribution in [2.45, 2.75) is 43.2 Å². The van der Waals surface area contributed by atoms with Crippen LogP contribution in [0.1, 0.15) is 25.7 Å². The van der Waals surface area contributed by atoms with E-state index in [0.717, 1.165) is 18.6 Å². The van der Waals surface area contributed by atoms with Crippen LogP contribution in [-0.4, -0.2) is 25.6 Å². The molecule has 6 heteroatoms. The molecule has 0 saturated heterocycles. The molecule has 1 aromatic heterocycles. The molecule has 0 bridgehead atoms. The van der Waals surface area contributed by atoms with Gasteiger partial charge in [-0.2, -0.15) is 0 Å². The molecule has 0 aliphatic heterocycles. The van der Waals surface area contributed by atoms with Crippen LogP contribution >= 0.6 is 0 Å². The lowest BCUT2D eigenvalue weighted by Crippen LogP contribution is -2.27. The van der Waals surface area contributed by atoms with Gasteiger partial charge in [0.25, 0.3) is 0 Å². The highest BCUT2D eigenvalue weighted by atomic mass is 32.2. The van der Waals surface area contributed by atoms with E-state index in [9.17, 15) is 8.42 Å². The molecule has 2 aromatic rings. The molecule has 0 radical (unpaired) electrons. The molecule has 1 fully saturated rings. The van der Waals surface area contributed by atoms with Crippen molar-refractivity contribution < 1.29 is 13.2 Å². The van der Waals surface area contributed by atoms with E-state index in [-0.39, 0.29) is 11.0 Å². The molecule has 1 aliphatic carbocycles. The van der Waals surface area contributed by atoms with Crippen LogP contribution in [0.25, 0.3) is 0 Å². The molecule has 1 aliphatic rings. The van der Waals surface area contributed by atoms with E-state index in [1.807, 2.05) is 29.1 Å². The zero-order chi connectivity index (χ0) is 16.1. The van der Waals surface area contributed by atoms with Gasteiger partial charge >= 0.3 is 0 Å². The standard InChI is InChI=1S/C17H22N2O3S/c20-23(21,18-11-14-19-12-3-4-13-19)17-9-7-16(8-10-17)22-15-5-1-2-6-15/h3-4,7-10,12-13,15,18H,1-2,5-6,11,14H2. The molecule has 1 N–H and O–H groups in total. The normalized spacial score (nSPS) is 15.8. The molecule has 0 unspecified atom stereocenters. The molecular formula is C17H22N2O3S. The molecule has 0 spiro atoms. The topological polar surface area (TPSA) is 60.3 Å². The highest BCUT2D eigenvalue weighted by molar-refractivity contribution is 7.89. The minimum Gasteiger partial charge on any atom is -0.490 e. The van der Waals surface area contributed by atoms with E-state index in [1.54, 1.807) is 24.3 Å². The van der Waals surface area contributed by atoms with E-state index in [4.69, 9.17) is 4.74 Å². The summed E-state index contributed by atoms with van der Waals surface area (Å²) in [6.45, 7) is 0.965. The summed E-state index contributed by atoms with van der Waals surface area (Å²) in [5.74, 6) is 0.739. The summed E-state index contributed by atoms with van der Waals surface area (Å²) in [5, 5.41) is 0. The number of benzene rings is 1. The second-order valence-electron chi connectivity index (χ2n) is 5.81. The number of hydrogen-bond acceptors (Lipinski definition) is 3. The summed E-state index contributed by atoms with van der Waals surface area (Å²) in [7, 11) is -3.48. The maximum atomic E-state index is 12.3. The Balaban J connectivity index is 1.56. The fraction of sp³-hybridized carbons (Fsp3) is 0.412. The van der Waals surface area contributed by atoms with Crippen molar-refractivity contribution in [1.29, 1.82) is 0 Å². The van der Waals surface area contributed by atoms with Gasteiger partial charge in [0.2, 0.25) is 10.0 Å². The van der Waals surface area contributed by atoms with E-state index < -0.39 is 10.0 Å². The second-order valence-corrected chi connectivity index (χ2v) is 7.58. The Hall–Kier alpha value is -1.79. The molecule has 1 heterocycles. The average Bonchev–Trinajstić information content (AvgIpc) is 3.21. The summed E-state index contributed by atoms with van der Waals surface area (Å²) < 4.78 is 34.9. The third-order valence-electron chi connectivity index (χ3n) is 4.07. The van der Waals surface area contributed by atoms with Crippen LogP contribution in [-0.2, 0) is 16.6 Å². The first-order chi connectivity index (χ1) is 11.1.